The normalized spacial score (nSPS) is 16.4. The molecule has 3 nitrogen and oxygen atoms in total. The zero-order valence-electron chi connectivity index (χ0n) is 13.5. The predicted octanol–water partition coefficient (Wildman–Crippen LogP) is 4.83. The van der Waals surface area contributed by atoms with E-state index in [9.17, 15) is 0 Å². The third-order valence-electron chi connectivity index (χ3n) is 4.89. The second kappa shape index (κ2) is 7.14. The summed E-state index contributed by atoms with van der Waals surface area (Å²) < 4.78 is 2.34. The van der Waals surface area contributed by atoms with Crippen molar-refractivity contribution in [2.45, 2.75) is 90.5 Å². The molecule has 0 atom stereocenters. The molecule has 0 radical (unpaired) electrons. The molecule has 0 unspecified atom stereocenters. The van der Waals surface area contributed by atoms with E-state index in [4.69, 9.17) is 10.7 Å². The number of aromatic nitrogens is 2. The molecule has 1 aromatic heterocycles. The topological polar surface area (TPSA) is 43.8 Å². The second-order valence-corrected chi connectivity index (χ2v) is 6.24. The van der Waals surface area contributed by atoms with E-state index in [-0.39, 0.29) is 0 Å². The summed E-state index contributed by atoms with van der Waals surface area (Å²) in [6.07, 6.45) is 9.97. The molecule has 20 heavy (non-hydrogen) atoms. The van der Waals surface area contributed by atoms with Crippen molar-refractivity contribution in [2.24, 2.45) is 0 Å². The fourth-order valence-corrected chi connectivity index (χ4v) is 3.53. The van der Waals surface area contributed by atoms with Crippen LogP contribution in [0.5, 0.6) is 0 Å². The molecule has 0 amide bonds. The number of nitrogen functional groups attached to an aromatic ring is 1. The van der Waals surface area contributed by atoms with Gasteiger partial charge in [0.1, 0.15) is 11.6 Å². The molecule has 1 aromatic rings. The van der Waals surface area contributed by atoms with Crippen LogP contribution in [0.2, 0.25) is 0 Å². The van der Waals surface area contributed by atoms with E-state index in [2.05, 4.69) is 25.3 Å². The number of rotatable bonds is 7. The highest BCUT2D eigenvalue weighted by molar-refractivity contribution is 5.41. The van der Waals surface area contributed by atoms with Gasteiger partial charge in [-0.25, -0.2) is 4.98 Å². The molecule has 114 valence electrons. The van der Waals surface area contributed by atoms with Crippen LogP contribution >= 0.6 is 0 Å². The van der Waals surface area contributed by atoms with Crippen LogP contribution < -0.4 is 5.73 Å². The van der Waals surface area contributed by atoms with Gasteiger partial charge in [0.2, 0.25) is 0 Å². The second-order valence-electron chi connectivity index (χ2n) is 6.24. The summed E-state index contributed by atoms with van der Waals surface area (Å²) in [6.45, 7) is 7.77. The van der Waals surface area contributed by atoms with Crippen LogP contribution in [0.3, 0.4) is 0 Å². The van der Waals surface area contributed by atoms with Crippen LogP contribution in [-0.2, 0) is 6.54 Å². The number of hydrogen-bond acceptors (Lipinski definition) is 2. The SMILES string of the molecule is CCCCn1c(C2CCCC2)nc(C(CC)CC)c1N. The number of nitrogens with zero attached hydrogens (tertiary/aromatic N) is 2. The van der Waals surface area contributed by atoms with Crippen molar-refractivity contribution in [1.29, 1.82) is 0 Å². The average molecular weight is 277 g/mol. The van der Waals surface area contributed by atoms with Crippen molar-refractivity contribution in [3.05, 3.63) is 11.5 Å². The smallest absolute Gasteiger partial charge is 0.127 e. The fraction of sp³-hybridized carbons (Fsp3) is 0.824. The van der Waals surface area contributed by atoms with E-state index in [0.717, 1.165) is 25.2 Å². The largest absolute Gasteiger partial charge is 0.384 e. The van der Waals surface area contributed by atoms with E-state index >= 15 is 0 Å². The number of unbranched alkanes of at least 4 members (excludes halogenated alkanes) is 1. The van der Waals surface area contributed by atoms with Gasteiger partial charge in [0.25, 0.3) is 0 Å². The lowest BCUT2D eigenvalue weighted by Crippen LogP contribution is -2.10. The van der Waals surface area contributed by atoms with Crippen LogP contribution in [0.4, 0.5) is 5.82 Å². The molecular formula is C17H31N3. The minimum absolute atomic E-state index is 0.526. The first-order valence-corrected chi connectivity index (χ1v) is 8.58. The summed E-state index contributed by atoms with van der Waals surface area (Å²) in [4.78, 5) is 5.02. The Labute approximate surface area is 124 Å². The Hall–Kier alpha value is -0.990. The van der Waals surface area contributed by atoms with Gasteiger partial charge in [-0.15, -0.1) is 0 Å². The first kappa shape index (κ1) is 15.4. The monoisotopic (exact) mass is 277 g/mol. The summed E-state index contributed by atoms with van der Waals surface area (Å²) in [5.74, 6) is 3.42. The molecule has 0 aliphatic heterocycles. The van der Waals surface area contributed by atoms with Gasteiger partial charge >= 0.3 is 0 Å². The van der Waals surface area contributed by atoms with Crippen molar-refractivity contribution in [1.82, 2.24) is 9.55 Å². The Balaban J connectivity index is 2.34. The molecule has 1 aliphatic rings. The molecule has 2 N–H and O–H groups in total. The number of nitrogens with two attached hydrogens (primary N) is 1. The lowest BCUT2D eigenvalue weighted by Gasteiger charge is -2.14. The van der Waals surface area contributed by atoms with Gasteiger partial charge in [-0.2, -0.15) is 0 Å². The highest BCUT2D eigenvalue weighted by Gasteiger charge is 2.26. The fourth-order valence-electron chi connectivity index (χ4n) is 3.53. The molecular weight excluding hydrogens is 246 g/mol. The van der Waals surface area contributed by atoms with Gasteiger partial charge in [0, 0.05) is 18.4 Å². The summed E-state index contributed by atoms with van der Waals surface area (Å²) in [7, 11) is 0. The number of anilines is 1. The third-order valence-corrected chi connectivity index (χ3v) is 4.89. The summed E-state index contributed by atoms with van der Waals surface area (Å²) in [5, 5.41) is 0. The zero-order valence-corrected chi connectivity index (χ0v) is 13.5. The maximum Gasteiger partial charge on any atom is 0.127 e. The van der Waals surface area contributed by atoms with Gasteiger partial charge in [-0.3, -0.25) is 0 Å². The van der Waals surface area contributed by atoms with Gasteiger partial charge < -0.3 is 10.3 Å². The van der Waals surface area contributed by atoms with E-state index in [1.807, 2.05) is 0 Å². The Morgan fingerprint density at radius 3 is 2.40 bits per heavy atom. The van der Waals surface area contributed by atoms with Crippen molar-refractivity contribution in [3.8, 4) is 0 Å². The van der Waals surface area contributed by atoms with Crippen molar-refractivity contribution in [2.75, 3.05) is 5.73 Å². The van der Waals surface area contributed by atoms with E-state index < -0.39 is 0 Å². The lowest BCUT2D eigenvalue weighted by atomic mass is 9.99. The Bertz CT molecular complexity index is 412. The lowest BCUT2D eigenvalue weighted by molar-refractivity contribution is 0.561. The first-order chi connectivity index (χ1) is 9.72. The molecule has 1 aliphatic carbocycles. The van der Waals surface area contributed by atoms with Crippen molar-refractivity contribution >= 4 is 5.82 Å². The van der Waals surface area contributed by atoms with Crippen LogP contribution in [0, 0.1) is 0 Å². The Morgan fingerprint density at radius 1 is 1.20 bits per heavy atom. The Morgan fingerprint density at radius 2 is 1.85 bits per heavy atom. The van der Waals surface area contributed by atoms with E-state index in [0.29, 0.717) is 11.8 Å². The van der Waals surface area contributed by atoms with E-state index in [1.54, 1.807) is 0 Å². The molecule has 0 saturated heterocycles. The zero-order chi connectivity index (χ0) is 14.5. The molecule has 1 saturated carbocycles. The average Bonchev–Trinajstić information content (AvgIpc) is 3.08. The van der Waals surface area contributed by atoms with E-state index in [1.165, 1.54) is 50.0 Å². The third kappa shape index (κ3) is 3.02. The standard InChI is InChI=1S/C17H31N3/c1-4-7-12-20-16(18)15(13(5-2)6-3)19-17(20)14-10-8-9-11-14/h13-14H,4-12,18H2,1-3H3. The molecule has 1 heterocycles. The van der Waals surface area contributed by atoms with Crippen LogP contribution in [0.25, 0.3) is 0 Å². The number of imidazole rings is 1. The summed E-state index contributed by atoms with van der Waals surface area (Å²) >= 11 is 0. The minimum Gasteiger partial charge on any atom is -0.384 e. The number of hydrogen-bond donors (Lipinski definition) is 1. The Kier molecular flexibility index (Phi) is 5.50. The predicted molar refractivity (Wildman–Crippen MR) is 86.1 cm³/mol. The quantitative estimate of drug-likeness (QED) is 0.776. The maximum atomic E-state index is 6.47. The van der Waals surface area contributed by atoms with Crippen molar-refractivity contribution < 1.29 is 0 Å². The van der Waals surface area contributed by atoms with Gasteiger partial charge in [-0.05, 0) is 32.1 Å². The molecule has 0 bridgehead atoms. The highest BCUT2D eigenvalue weighted by Crippen LogP contribution is 2.37. The first-order valence-electron chi connectivity index (χ1n) is 8.58. The highest BCUT2D eigenvalue weighted by atomic mass is 15.1. The minimum atomic E-state index is 0.526. The van der Waals surface area contributed by atoms with Crippen molar-refractivity contribution in [3.63, 3.8) is 0 Å². The van der Waals surface area contributed by atoms with Gasteiger partial charge in [0.15, 0.2) is 0 Å². The summed E-state index contributed by atoms with van der Waals surface area (Å²) in [5.41, 5.74) is 7.64. The maximum absolute atomic E-state index is 6.47. The molecule has 2 rings (SSSR count). The molecule has 0 aromatic carbocycles. The van der Waals surface area contributed by atoms with Crippen LogP contribution in [-0.4, -0.2) is 9.55 Å². The van der Waals surface area contributed by atoms with Crippen LogP contribution in [0.15, 0.2) is 0 Å². The van der Waals surface area contributed by atoms with Crippen LogP contribution in [0.1, 0.15) is 95.5 Å². The molecule has 0 spiro atoms. The van der Waals surface area contributed by atoms with Gasteiger partial charge in [0.05, 0.1) is 5.69 Å². The molecule has 3 heteroatoms. The summed E-state index contributed by atoms with van der Waals surface area (Å²) in [6, 6.07) is 0. The molecule has 1 fully saturated rings. The van der Waals surface area contributed by atoms with Gasteiger partial charge in [-0.1, -0.05) is 40.0 Å².